The molecule has 0 aliphatic carbocycles. The molecule has 0 aliphatic heterocycles. The summed E-state index contributed by atoms with van der Waals surface area (Å²) in [6, 6.07) is 0. The van der Waals surface area contributed by atoms with Crippen LogP contribution >= 0.6 is 0 Å². The number of nitrogens with one attached hydrogen (secondary N) is 2. The van der Waals surface area contributed by atoms with Crippen LogP contribution in [0.4, 0.5) is 0 Å². The number of isocyanates is 1. The van der Waals surface area contributed by atoms with Gasteiger partial charge in [0.05, 0.1) is 0 Å². The molecule has 0 aromatic rings. The van der Waals surface area contributed by atoms with Crippen LogP contribution < -0.4 is 5.48 Å². The van der Waals surface area contributed by atoms with Crippen molar-refractivity contribution in [1.29, 1.82) is 5.41 Å². The maximum absolute atomic E-state index is 9.19. The molecule has 7 heavy (non-hydrogen) atoms. The first kappa shape index (κ1) is 5.81. The highest BCUT2D eigenvalue weighted by Crippen LogP contribution is 1.57. The zero-order valence-electron chi connectivity index (χ0n) is 3.30. The van der Waals surface area contributed by atoms with Crippen molar-refractivity contribution < 1.29 is 10.0 Å². The Morgan fingerprint density at radius 1 is 2.00 bits per heavy atom. The van der Waals surface area contributed by atoms with Crippen molar-refractivity contribution >= 4 is 12.0 Å². The minimum atomic E-state index is -0.616. The molecule has 0 rings (SSSR count). The molecule has 0 radical (unpaired) electrons. The summed E-state index contributed by atoms with van der Waals surface area (Å²) in [5.41, 5.74) is 1.32. The molecule has 0 aromatic carbocycles. The van der Waals surface area contributed by atoms with E-state index in [9.17, 15) is 4.79 Å². The van der Waals surface area contributed by atoms with E-state index in [1.165, 1.54) is 5.48 Å². The molecule has 0 saturated carbocycles. The molecule has 0 fully saturated rings. The van der Waals surface area contributed by atoms with Crippen molar-refractivity contribution in [2.24, 2.45) is 4.99 Å². The van der Waals surface area contributed by atoms with Gasteiger partial charge in [-0.25, -0.2) is 10.3 Å². The van der Waals surface area contributed by atoms with E-state index in [1.807, 2.05) is 0 Å². The largest absolute Gasteiger partial charge is 0.288 e. The van der Waals surface area contributed by atoms with Gasteiger partial charge in [-0.15, -0.1) is 4.99 Å². The van der Waals surface area contributed by atoms with E-state index >= 15 is 0 Å². The fraction of sp³-hybridized carbons (Fsp3) is 0. The number of rotatable bonds is 0. The van der Waals surface area contributed by atoms with Gasteiger partial charge in [-0.05, 0) is 0 Å². The Hall–Kier alpha value is -1.19. The topological polar surface area (TPSA) is 85.5 Å². The monoisotopic (exact) mass is 101 g/mol. The summed E-state index contributed by atoms with van der Waals surface area (Å²) < 4.78 is 0. The first-order valence-corrected chi connectivity index (χ1v) is 1.37. The summed E-state index contributed by atoms with van der Waals surface area (Å²) in [6.45, 7) is 0. The standard InChI is InChI=1S/C2H3N3O2/c3-2(5-7)4-1-6/h7H,(H2,3,5). The second kappa shape index (κ2) is 3.02. The number of aliphatic imine (C=N–C) groups is 1. The molecule has 5 nitrogen and oxygen atoms in total. The summed E-state index contributed by atoms with van der Waals surface area (Å²) in [6.07, 6.45) is 1.05. The van der Waals surface area contributed by atoms with Crippen molar-refractivity contribution in [2.75, 3.05) is 0 Å². The van der Waals surface area contributed by atoms with E-state index in [0.29, 0.717) is 0 Å². The van der Waals surface area contributed by atoms with E-state index in [2.05, 4.69) is 4.99 Å². The zero-order chi connectivity index (χ0) is 5.70. The van der Waals surface area contributed by atoms with Crippen molar-refractivity contribution in [3.63, 3.8) is 0 Å². The van der Waals surface area contributed by atoms with E-state index in [-0.39, 0.29) is 0 Å². The molecule has 3 N–H and O–H groups in total. The fourth-order valence-corrected chi connectivity index (χ4v) is 0.0706. The Morgan fingerprint density at radius 2 is 2.57 bits per heavy atom. The van der Waals surface area contributed by atoms with E-state index < -0.39 is 5.96 Å². The highest BCUT2D eigenvalue weighted by Gasteiger charge is 1.79. The van der Waals surface area contributed by atoms with Gasteiger partial charge in [0, 0.05) is 0 Å². The van der Waals surface area contributed by atoms with Crippen LogP contribution in [0.3, 0.4) is 0 Å². The summed E-state index contributed by atoms with van der Waals surface area (Å²) >= 11 is 0. The molecule has 0 spiro atoms. The molecular weight excluding hydrogens is 98.0 g/mol. The van der Waals surface area contributed by atoms with Crippen LogP contribution in [0.15, 0.2) is 4.99 Å². The Labute approximate surface area is 39.1 Å². The molecule has 0 saturated heterocycles. The lowest BCUT2D eigenvalue weighted by molar-refractivity contribution is 0.232. The predicted octanol–water partition coefficient (Wildman–Crippen LogP) is -0.764. The number of hydrogen-bond acceptors (Lipinski definition) is 3. The van der Waals surface area contributed by atoms with Gasteiger partial charge in [0.25, 0.3) is 5.96 Å². The highest BCUT2D eigenvalue weighted by atomic mass is 16.5. The first-order chi connectivity index (χ1) is 3.31. The first-order valence-electron chi connectivity index (χ1n) is 1.37. The summed E-state index contributed by atoms with van der Waals surface area (Å²) in [5, 5.41) is 14.1. The number of guanidine groups is 1. The van der Waals surface area contributed by atoms with Crippen LogP contribution in [0.2, 0.25) is 0 Å². The molecule has 5 heteroatoms. The van der Waals surface area contributed by atoms with Crippen LogP contribution in [-0.4, -0.2) is 17.2 Å². The quantitative estimate of drug-likeness (QED) is 0.162. The zero-order valence-corrected chi connectivity index (χ0v) is 3.30. The average Bonchev–Trinajstić information content (AvgIpc) is 1.68. The third kappa shape index (κ3) is 2.62. The highest BCUT2D eigenvalue weighted by molar-refractivity contribution is 5.80. The van der Waals surface area contributed by atoms with Crippen LogP contribution in [0, 0.1) is 5.41 Å². The average molecular weight is 101 g/mol. The van der Waals surface area contributed by atoms with Gasteiger partial charge < -0.3 is 0 Å². The molecule has 0 aliphatic rings. The molecule has 0 amide bonds. The molecule has 0 aromatic heterocycles. The third-order valence-corrected chi connectivity index (χ3v) is 0.263. The van der Waals surface area contributed by atoms with Crippen molar-refractivity contribution in [1.82, 2.24) is 5.48 Å². The van der Waals surface area contributed by atoms with Crippen LogP contribution in [0.25, 0.3) is 0 Å². The Morgan fingerprint density at radius 3 is 2.71 bits per heavy atom. The molecular formula is C2H3N3O2. The normalized spacial score (nSPS) is 6.43. The minimum Gasteiger partial charge on any atom is -0.288 e. The number of nitrogens with zero attached hydrogens (tertiary/aromatic N) is 1. The maximum atomic E-state index is 9.19. The van der Waals surface area contributed by atoms with Crippen LogP contribution in [0.1, 0.15) is 0 Å². The summed E-state index contributed by atoms with van der Waals surface area (Å²) in [4.78, 5) is 11.9. The van der Waals surface area contributed by atoms with Gasteiger partial charge in [-0.3, -0.25) is 10.6 Å². The molecule has 0 heterocycles. The van der Waals surface area contributed by atoms with E-state index in [0.717, 1.165) is 6.08 Å². The van der Waals surface area contributed by atoms with Crippen LogP contribution in [0.5, 0.6) is 0 Å². The second-order valence-electron chi connectivity index (χ2n) is 0.664. The number of hydroxylamine groups is 1. The summed E-state index contributed by atoms with van der Waals surface area (Å²) in [5.74, 6) is -0.616. The predicted molar refractivity (Wildman–Crippen MR) is 20.8 cm³/mol. The Balaban J connectivity index is 3.58. The van der Waals surface area contributed by atoms with E-state index in [4.69, 9.17) is 10.6 Å². The lowest BCUT2D eigenvalue weighted by Gasteiger charge is -1.83. The van der Waals surface area contributed by atoms with Crippen LogP contribution in [-0.2, 0) is 4.79 Å². The Bertz CT molecular complexity index is 114. The molecule has 0 bridgehead atoms. The van der Waals surface area contributed by atoms with Gasteiger partial charge in [0.15, 0.2) is 0 Å². The van der Waals surface area contributed by atoms with Gasteiger partial charge in [-0.2, -0.15) is 0 Å². The fourth-order valence-electron chi connectivity index (χ4n) is 0.0706. The molecule has 0 atom stereocenters. The minimum absolute atomic E-state index is 0.616. The van der Waals surface area contributed by atoms with Gasteiger partial charge in [0.2, 0.25) is 6.08 Å². The van der Waals surface area contributed by atoms with E-state index in [1.54, 1.807) is 0 Å². The van der Waals surface area contributed by atoms with Gasteiger partial charge in [0.1, 0.15) is 0 Å². The van der Waals surface area contributed by atoms with Gasteiger partial charge in [-0.1, -0.05) is 0 Å². The second-order valence-corrected chi connectivity index (χ2v) is 0.664. The number of hydrogen-bond donors (Lipinski definition) is 3. The lowest BCUT2D eigenvalue weighted by Crippen LogP contribution is -2.13. The number of carbonyl (C=O) groups excluding carboxylic acids is 1. The maximum Gasteiger partial charge on any atom is 0.250 e. The van der Waals surface area contributed by atoms with Gasteiger partial charge >= 0.3 is 0 Å². The Kier molecular flexibility index (Phi) is 2.50. The summed E-state index contributed by atoms with van der Waals surface area (Å²) in [7, 11) is 0. The van der Waals surface area contributed by atoms with Crippen molar-refractivity contribution in [3.05, 3.63) is 0 Å². The third-order valence-electron chi connectivity index (χ3n) is 0.263. The molecule has 0 unspecified atom stereocenters. The lowest BCUT2D eigenvalue weighted by atomic mass is 11.1. The molecule has 38 valence electrons. The van der Waals surface area contributed by atoms with Crippen molar-refractivity contribution in [2.45, 2.75) is 0 Å². The SMILES string of the molecule is N=C(N=C=O)NO. The smallest absolute Gasteiger partial charge is 0.250 e. The van der Waals surface area contributed by atoms with Crippen molar-refractivity contribution in [3.8, 4) is 0 Å².